The maximum Gasteiger partial charge on any atom is 0.243 e. The van der Waals surface area contributed by atoms with Crippen LogP contribution in [0.4, 0.5) is 15.8 Å². The molecule has 9 heteroatoms. The highest BCUT2D eigenvalue weighted by atomic mass is 79.9. The Morgan fingerprint density at radius 1 is 1.06 bits per heavy atom. The fourth-order valence-corrected chi connectivity index (χ4v) is 3.97. The summed E-state index contributed by atoms with van der Waals surface area (Å²) in [4.78, 5) is 26.8. The number of halogens is 2. The minimum absolute atomic E-state index is 0.0891. The number of hydrazine groups is 1. The number of benzene rings is 3. The lowest BCUT2D eigenvalue weighted by molar-refractivity contribution is -0.125. The molecule has 0 saturated carbocycles. The van der Waals surface area contributed by atoms with Gasteiger partial charge in [0, 0.05) is 29.2 Å². The van der Waals surface area contributed by atoms with E-state index >= 15 is 0 Å². The predicted molar refractivity (Wildman–Crippen MR) is 135 cm³/mol. The number of nitrogens with zero attached hydrogens (tertiary/aromatic N) is 1. The van der Waals surface area contributed by atoms with Gasteiger partial charge in [0.25, 0.3) is 0 Å². The third-order valence-corrected chi connectivity index (χ3v) is 6.04. The summed E-state index contributed by atoms with van der Waals surface area (Å²) in [6.45, 7) is 2.86. The first-order valence-electron chi connectivity index (χ1n) is 11.2. The van der Waals surface area contributed by atoms with Crippen molar-refractivity contribution < 1.29 is 23.5 Å². The van der Waals surface area contributed by atoms with Crippen molar-refractivity contribution in [3.8, 4) is 11.5 Å². The first kappa shape index (κ1) is 24.5. The van der Waals surface area contributed by atoms with Crippen molar-refractivity contribution in [3.05, 3.63) is 82.6 Å². The van der Waals surface area contributed by atoms with E-state index in [1.54, 1.807) is 35.2 Å². The summed E-state index contributed by atoms with van der Waals surface area (Å²) in [7, 11) is 0. The van der Waals surface area contributed by atoms with Crippen LogP contribution in [-0.2, 0) is 16.2 Å². The second-order valence-corrected chi connectivity index (χ2v) is 8.92. The Hall–Kier alpha value is -3.59. The number of hydrogen-bond donors (Lipinski definition) is 2. The van der Waals surface area contributed by atoms with Crippen LogP contribution in [0.15, 0.2) is 71.2 Å². The molecule has 35 heavy (non-hydrogen) atoms. The third-order valence-electron chi connectivity index (χ3n) is 5.52. The van der Waals surface area contributed by atoms with Crippen LogP contribution in [0.25, 0.3) is 0 Å². The van der Waals surface area contributed by atoms with E-state index in [1.165, 1.54) is 12.1 Å². The Bertz CT molecular complexity index is 1190. The minimum atomic E-state index is -0.469. The molecule has 0 spiro atoms. The molecule has 1 aliphatic heterocycles. The van der Waals surface area contributed by atoms with Crippen molar-refractivity contribution in [2.45, 2.75) is 20.0 Å². The maximum atomic E-state index is 13.1. The van der Waals surface area contributed by atoms with Gasteiger partial charge in [-0.2, -0.15) is 0 Å². The minimum Gasteiger partial charge on any atom is -0.490 e. The number of nitrogens with one attached hydrogen (secondary N) is 2. The summed E-state index contributed by atoms with van der Waals surface area (Å²) in [6.07, 6.45) is 0.143. The quantitative estimate of drug-likeness (QED) is 0.370. The zero-order valence-electron chi connectivity index (χ0n) is 19.1. The molecule has 3 aromatic carbocycles. The zero-order chi connectivity index (χ0) is 24.8. The topological polar surface area (TPSA) is 79.9 Å². The first-order valence-corrected chi connectivity index (χ1v) is 12.0. The van der Waals surface area contributed by atoms with E-state index in [0.29, 0.717) is 30.3 Å². The van der Waals surface area contributed by atoms with Crippen molar-refractivity contribution in [3.63, 3.8) is 0 Å². The van der Waals surface area contributed by atoms with Crippen LogP contribution in [0.1, 0.15) is 18.9 Å². The molecule has 2 N–H and O–H groups in total. The van der Waals surface area contributed by atoms with E-state index in [0.717, 1.165) is 15.7 Å². The van der Waals surface area contributed by atoms with Crippen molar-refractivity contribution >= 4 is 39.1 Å². The molecule has 1 fully saturated rings. The Morgan fingerprint density at radius 2 is 1.80 bits per heavy atom. The zero-order valence-corrected chi connectivity index (χ0v) is 20.7. The molecule has 0 aliphatic carbocycles. The summed E-state index contributed by atoms with van der Waals surface area (Å²) >= 11 is 3.38. The largest absolute Gasteiger partial charge is 0.490 e. The molecule has 7 nitrogen and oxygen atoms in total. The van der Waals surface area contributed by atoms with Crippen LogP contribution in [0, 0.1) is 11.7 Å². The van der Waals surface area contributed by atoms with Gasteiger partial charge in [-0.05, 0) is 61.0 Å². The smallest absolute Gasteiger partial charge is 0.243 e. The number of rotatable bonds is 9. The Morgan fingerprint density at radius 3 is 2.51 bits per heavy atom. The number of amides is 2. The summed E-state index contributed by atoms with van der Waals surface area (Å²) in [5.74, 6) is -0.0974. The van der Waals surface area contributed by atoms with Gasteiger partial charge in [-0.15, -0.1) is 0 Å². The molecule has 182 valence electrons. The maximum absolute atomic E-state index is 13.1. The van der Waals surface area contributed by atoms with Gasteiger partial charge in [0.15, 0.2) is 11.5 Å². The number of carbonyl (C=O) groups excluding carboxylic acids is 2. The number of anilines is 2. The van der Waals surface area contributed by atoms with Gasteiger partial charge in [-0.25, -0.2) is 4.39 Å². The molecular formula is C26H25BrFN3O4. The second-order valence-electron chi connectivity index (χ2n) is 8.01. The molecule has 0 aromatic heterocycles. The van der Waals surface area contributed by atoms with E-state index < -0.39 is 5.92 Å². The lowest BCUT2D eigenvalue weighted by Crippen LogP contribution is -2.36. The molecule has 1 heterocycles. The normalized spacial score (nSPS) is 15.1. The van der Waals surface area contributed by atoms with E-state index in [9.17, 15) is 14.0 Å². The molecule has 1 saturated heterocycles. The van der Waals surface area contributed by atoms with Gasteiger partial charge < -0.3 is 14.4 Å². The van der Waals surface area contributed by atoms with Gasteiger partial charge in [-0.1, -0.05) is 28.1 Å². The number of carbonyl (C=O) groups is 2. The van der Waals surface area contributed by atoms with E-state index in [2.05, 4.69) is 26.8 Å². The van der Waals surface area contributed by atoms with Crippen molar-refractivity contribution in [2.75, 3.05) is 23.5 Å². The van der Waals surface area contributed by atoms with E-state index in [1.807, 2.05) is 31.2 Å². The fraction of sp³-hybridized carbons (Fsp3) is 0.231. The summed E-state index contributed by atoms with van der Waals surface area (Å²) < 4.78 is 25.5. The first-order chi connectivity index (χ1) is 16.9. The monoisotopic (exact) mass is 541 g/mol. The van der Waals surface area contributed by atoms with Gasteiger partial charge >= 0.3 is 0 Å². The van der Waals surface area contributed by atoms with Crippen LogP contribution in [0.5, 0.6) is 11.5 Å². The average molecular weight is 542 g/mol. The summed E-state index contributed by atoms with van der Waals surface area (Å²) in [6, 6.07) is 18.7. The van der Waals surface area contributed by atoms with E-state index in [4.69, 9.17) is 9.47 Å². The van der Waals surface area contributed by atoms with Gasteiger partial charge in [-0.3, -0.25) is 20.4 Å². The number of hydrogen-bond acceptors (Lipinski definition) is 5. The van der Waals surface area contributed by atoms with Gasteiger partial charge in [0.2, 0.25) is 11.8 Å². The molecule has 1 aliphatic rings. The Balaban J connectivity index is 1.35. The van der Waals surface area contributed by atoms with Crippen molar-refractivity contribution in [1.29, 1.82) is 0 Å². The predicted octanol–water partition coefficient (Wildman–Crippen LogP) is 5.06. The van der Waals surface area contributed by atoms with E-state index in [-0.39, 0.29) is 30.7 Å². The van der Waals surface area contributed by atoms with Crippen LogP contribution in [-0.4, -0.2) is 25.0 Å². The SMILES string of the molecule is CCOc1cc(NNC(=O)[C@H]2CC(=O)N(c3ccc(Br)cc3)C2)ccc1OCc1ccc(F)cc1. The molecule has 3 aromatic rings. The Labute approximate surface area is 211 Å². The number of ether oxygens (including phenoxy) is 2. The fourth-order valence-electron chi connectivity index (χ4n) is 3.70. The lowest BCUT2D eigenvalue weighted by Gasteiger charge is -2.17. The summed E-state index contributed by atoms with van der Waals surface area (Å²) in [5.41, 5.74) is 7.77. The van der Waals surface area contributed by atoms with Crippen LogP contribution >= 0.6 is 15.9 Å². The van der Waals surface area contributed by atoms with Crippen molar-refractivity contribution in [2.24, 2.45) is 5.92 Å². The molecule has 4 rings (SSSR count). The Kier molecular flexibility index (Phi) is 7.87. The molecule has 0 unspecified atom stereocenters. The highest BCUT2D eigenvalue weighted by Gasteiger charge is 2.35. The van der Waals surface area contributed by atoms with Crippen molar-refractivity contribution in [1.82, 2.24) is 5.43 Å². The average Bonchev–Trinajstić information content (AvgIpc) is 3.25. The van der Waals surface area contributed by atoms with Gasteiger partial charge in [0.1, 0.15) is 12.4 Å². The second kappa shape index (κ2) is 11.2. The molecular weight excluding hydrogens is 517 g/mol. The highest BCUT2D eigenvalue weighted by Crippen LogP contribution is 2.31. The van der Waals surface area contributed by atoms with Crippen LogP contribution in [0.3, 0.4) is 0 Å². The standard InChI is InChI=1S/C26H25BrFN3O4/c1-2-34-24-14-21(9-12-23(24)35-16-17-3-7-20(28)8-4-17)29-30-26(33)18-13-25(32)31(15-18)22-10-5-19(27)6-11-22/h3-12,14,18,29H,2,13,15-16H2,1H3,(H,30,33)/t18-/m0/s1. The summed E-state index contributed by atoms with van der Waals surface area (Å²) in [5, 5.41) is 0. The molecule has 0 bridgehead atoms. The van der Waals surface area contributed by atoms with Gasteiger partial charge in [0.05, 0.1) is 18.2 Å². The highest BCUT2D eigenvalue weighted by molar-refractivity contribution is 9.10. The van der Waals surface area contributed by atoms with Crippen LogP contribution in [0.2, 0.25) is 0 Å². The third kappa shape index (κ3) is 6.30. The molecule has 2 amide bonds. The lowest BCUT2D eigenvalue weighted by atomic mass is 10.1. The van der Waals surface area contributed by atoms with Crippen LogP contribution < -0.4 is 25.2 Å². The molecule has 1 atom stereocenters. The molecule has 0 radical (unpaired) electrons.